The highest BCUT2D eigenvalue weighted by molar-refractivity contribution is 7.06. The molecule has 1 aromatic heterocycles. The Kier molecular flexibility index (Phi) is 3.40. The third-order valence-electron chi connectivity index (χ3n) is 3.54. The van der Waals surface area contributed by atoms with Crippen molar-refractivity contribution in [1.82, 2.24) is 4.37 Å². The molecule has 1 aliphatic rings. The maximum Gasteiger partial charge on any atom is 0.0887 e. The third kappa shape index (κ3) is 2.19. The van der Waals surface area contributed by atoms with E-state index in [9.17, 15) is 0 Å². The summed E-state index contributed by atoms with van der Waals surface area (Å²) in [4.78, 5) is 1.42. The first-order valence-electron chi connectivity index (χ1n) is 6.47. The molecule has 1 aliphatic carbocycles. The summed E-state index contributed by atoms with van der Waals surface area (Å²) in [6, 6.07) is 8.70. The maximum atomic E-state index is 6.13. The Hall–Kier alpha value is -0.860. The van der Waals surface area contributed by atoms with Gasteiger partial charge in [0.05, 0.1) is 11.6 Å². The molecule has 0 aliphatic heterocycles. The van der Waals surface area contributed by atoms with Crippen molar-refractivity contribution in [3.8, 4) is 11.3 Å². The van der Waals surface area contributed by atoms with Crippen LogP contribution in [0, 0.1) is 0 Å². The van der Waals surface area contributed by atoms with Gasteiger partial charge >= 0.3 is 0 Å². The van der Waals surface area contributed by atoms with Crippen molar-refractivity contribution in [2.75, 3.05) is 0 Å². The van der Waals surface area contributed by atoms with Crippen LogP contribution in [-0.4, -0.2) is 4.37 Å². The van der Waals surface area contributed by atoms with Crippen LogP contribution in [0.2, 0.25) is 0 Å². The van der Waals surface area contributed by atoms with Gasteiger partial charge in [-0.2, -0.15) is 4.37 Å². The van der Waals surface area contributed by atoms with Crippen LogP contribution in [0.5, 0.6) is 0 Å². The van der Waals surface area contributed by atoms with Crippen molar-refractivity contribution < 1.29 is 0 Å². The number of hydrogen-bond donors (Lipinski definition) is 0. The van der Waals surface area contributed by atoms with Crippen LogP contribution in [0.15, 0.2) is 24.3 Å². The van der Waals surface area contributed by atoms with Crippen molar-refractivity contribution in [2.45, 2.75) is 38.0 Å². The second-order valence-corrected chi connectivity index (χ2v) is 5.90. The zero-order chi connectivity index (χ0) is 12.5. The number of nitrogens with zero attached hydrogens (tertiary/aromatic N) is 1. The lowest BCUT2D eigenvalue weighted by Gasteiger charge is -2.03. The Morgan fingerprint density at radius 2 is 2.00 bits per heavy atom. The van der Waals surface area contributed by atoms with Crippen LogP contribution >= 0.6 is 23.1 Å². The molecule has 0 atom stereocenters. The molecule has 1 aromatic carbocycles. The number of benzene rings is 1. The van der Waals surface area contributed by atoms with E-state index in [1.54, 1.807) is 11.5 Å². The fourth-order valence-corrected chi connectivity index (χ4v) is 3.66. The van der Waals surface area contributed by atoms with Gasteiger partial charge in [-0.15, -0.1) is 11.6 Å². The summed E-state index contributed by atoms with van der Waals surface area (Å²) in [5, 5.41) is 0. The van der Waals surface area contributed by atoms with Crippen LogP contribution in [-0.2, 0) is 12.3 Å². The minimum Gasteiger partial charge on any atom is -0.192 e. The molecule has 18 heavy (non-hydrogen) atoms. The average Bonchev–Trinajstić information content (AvgIpc) is 3.18. The average molecular weight is 278 g/mol. The highest BCUT2D eigenvalue weighted by Gasteiger charge is 2.29. The van der Waals surface area contributed by atoms with Gasteiger partial charge in [0.25, 0.3) is 0 Å². The van der Waals surface area contributed by atoms with E-state index in [4.69, 9.17) is 11.6 Å². The van der Waals surface area contributed by atoms with Crippen molar-refractivity contribution in [2.24, 2.45) is 0 Å². The molecule has 1 saturated carbocycles. The van der Waals surface area contributed by atoms with Gasteiger partial charge < -0.3 is 0 Å². The highest BCUT2D eigenvalue weighted by atomic mass is 35.5. The summed E-state index contributed by atoms with van der Waals surface area (Å²) < 4.78 is 4.63. The molecule has 0 radical (unpaired) electrons. The second kappa shape index (κ2) is 5.02. The lowest BCUT2D eigenvalue weighted by atomic mass is 10.0. The summed E-state index contributed by atoms with van der Waals surface area (Å²) in [5.74, 6) is 1.31. The molecule has 0 unspecified atom stereocenters. The van der Waals surface area contributed by atoms with E-state index in [1.165, 1.54) is 34.4 Å². The van der Waals surface area contributed by atoms with Gasteiger partial charge in [0.2, 0.25) is 0 Å². The van der Waals surface area contributed by atoms with E-state index in [2.05, 4.69) is 35.6 Å². The molecule has 3 rings (SSSR count). The largest absolute Gasteiger partial charge is 0.192 e. The van der Waals surface area contributed by atoms with E-state index in [1.807, 2.05) is 0 Å². The van der Waals surface area contributed by atoms with Crippen LogP contribution in [0.4, 0.5) is 0 Å². The van der Waals surface area contributed by atoms with E-state index in [-0.39, 0.29) is 0 Å². The van der Waals surface area contributed by atoms with Crippen LogP contribution in [0.25, 0.3) is 11.3 Å². The van der Waals surface area contributed by atoms with Crippen molar-refractivity contribution in [3.63, 3.8) is 0 Å². The van der Waals surface area contributed by atoms with Crippen molar-refractivity contribution in [3.05, 3.63) is 40.3 Å². The van der Waals surface area contributed by atoms with Gasteiger partial charge in [0.15, 0.2) is 0 Å². The predicted molar refractivity (Wildman–Crippen MR) is 78.5 cm³/mol. The molecule has 1 nitrogen and oxygen atoms in total. The summed E-state index contributed by atoms with van der Waals surface area (Å²) >= 11 is 7.77. The predicted octanol–water partition coefficient (Wildman–Crippen LogP) is 4.99. The maximum absolute atomic E-state index is 6.13. The molecule has 0 saturated heterocycles. The standard InChI is InChI=1S/C15H16ClNS/c1-2-10-3-5-11(6-4-10)14-13(9-16)15(18-17-14)12-7-8-12/h3-6,12H,2,7-9H2,1H3. The lowest BCUT2D eigenvalue weighted by molar-refractivity contribution is 1.13. The zero-order valence-corrected chi connectivity index (χ0v) is 12.0. The van der Waals surface area contributed by atoms with Gasteiger partial charge in [-0.25, -0.2) is 0 Å². The van der Waals surface area contributed by atoms with Crippen LogP contribution in [0.3, 0.4) is 0 Å². The highest BCUT2D eigenvalue weighted by Crippen LogP contribution is 2.46. The third-order valence-corrected chi connectivity index (χ3v) is 4.85. The monoisotopic (exact) mass is 277 g/mol. The van der Waals surface area contributed by atoms with Crippen LogP contribution < -0.4 is 0 Å². The van der Waals surface area contributed by atoms with Gasteiger partial charge in [0, 0.05) is 16.0 Å². The Labute approximate surface area is 117 Å². The molecule has 3 heteroatoms. The minimum absolute atomic E-state index is 0.577. The molecule has 2 aromatic rings. The van der Waals surface area contributed by atoms with E-state index < -0.39 is 0 Å². The summed E-state index contributed by atoms with van der Waals surface area (Å²) in [7, 11) is 0. The van der Waals surface area contributed by atoms with Gasteiger partial charge in [-0.1, -0.05) is 31.2 Å². The first-order valence-corrected chi connectivity index (χ1v) is 7.78. The zero-order valence-electron chi connectivity index (χ0n) is 10.4. The molecule has 0 amide bonds. The van der Waals surface area contributed by atoms with Crippen molar-refractivity contribution >= 4 is 23.1 Å². The Bertz CT molecular complexity index is 540. The fourth-order valence-electron chi connectivity index (χ4n) is 2.24. The van der Waals surface area contributed by atoms with E-state index in [0.29, 0.717) is 5.88 Å². The summed E-state index contributed by atoms with van der Waals surface area (Å²) in [6.45, 7) is 2.17. The van der Waals surface area contributed by atoms with Gasteiger partial charge in [-0.05, 0) is 42.3 Å². The quantitative estimate of drug-likeness (QED) is 0.718. The first-order chi connectivity index (χ1) is 8.83. The van der Waals surface area contributed by atoms with E-state index in [0.717, 1.165) is 18.0 Å². The molecule has 1 fully saturated rings. The molecular weight excluding hydrogens is 262 g/mol. The summed E-state index contributed by atoms with van der Waals surface area (Å²) in [6.07, 6.45) is 3.69. The Morgan fingerprint density at radius 1 is 1.28 bits per heavy atom. The normalized spacial score (nSPS) is 15.0. The van der Waals surface area contributed by atoms with Crippen LogP contribution in [0.1, 0.15) is 41.7 Å². The molecular formula is C15H16ClNS. The second-order valence-electron chi connectivity index (χ2n) is 4.83. The SMILES string of the molecule is CCc1ccc(-c2nsc(C3CC3)c2CCl)cc1. The molecule has 1 heterocycles. The number of aryl methyl sites for hydroxylation is 1. The number of rotatable bonds is 4. The van der Waals surface area contributed by atoms with Gasteiger partial charge in [-0.3, -0.25) is 0 Å². The Morgan fingerprint density at radius 3 is 2.56 bits per heavy atom. The number of alkyl halides is 1. The smallest absolute Gasteiger partial charge is 0.0887 e. The van der Waals surface area contributed by atoms with Crippen molar-refractivity contribution in [1.29, 1.82) is 0 Å². The fraction of sp³-hybridized carbons (Fsp3) is 0.400. The first kappa shape index (κ1) is 12.2. The lowest BCUT2D eigenvalue weighted by Crippen LogP contribution is -1.88. The Balaban J connectivity index is 1.99. The number of hydrogen-bond acceptors (Lipinski definition) is 2. The number of halogens is 1. The number of aromatic nitrogens is 1. The molecule has 0 bridgehead atoms. The summed E-state index contributed by atoms with van der Waals surface area (Å²) in [5.41, 5.74) is 4.92. The molecule has 0 spiro atoms. The molecule has 94 valence electrons. The molecule has 0 N–H and O–H groups in total. The minimum atomic E-state index is 0.577. The van der Waals surface area contributed by atoms with E-state index >= 15 is 0 Å². The topological polar surface area (TPSA) is 12.9 Å². The van der Waals surface area contributed by atoms with Gasteiger partial charge in [0.1, 0.15) is 0 Å².